The highest BCUT2D eigenvalue weighted by molar-refractivity contribution is 7.99. The minimum Gasteiger partial charge on any atom is -0.362 e. The van der Waals surface area contributed by atoms with Crippen LogP contribution in [-0.4, -0.2) is 39.4 Å². The van der Waals surface area contributed by atoms with Crippen LogP contribution < -0.4 is 0 Å². The molecule has 0 aromatic heterocycles. The number of rotatable bonds is 7. The largest absolute Gasteiger partial charge is 0.438 e. The zero-order valence-corrected chi connectivity index (χ0v) is 15.6. The fraction of sp³-hybridized carbons (Fsp3) is 0.556. The Morgan fingerprint density at radius 1 is 1.35 bits per heavy atom. The summed E-state index contributed by atoms with van der Waals surface area (Å²) in [5.74, 6) is -0.239. The number of carbonyl (C=O) groups is 1. The van der Waals surface area contributed by atoms with E-state index in [-0.39, 0.29) is 16.5 Å². The van der Waals surface area contributed by atoms with Crippen LogP contribution in [0.5, 0.6) is 0 Å². The molecule has 1 aromatic carbocycles. The molecule has 1 amide bonds. The van der Waals surface area contributed by atoms with Gasteiger partial charge in [0.05, 0.1) is 5.75 Å². The lowest BCUT2D eigenvalue weighted by molar-refractivity contribution is -0.301. The van der Waals surface area contributed by atoms with Crippen LogP contribution in [0, 0.1) is 5.92 Å². The SMILES string of the molecule is CC(C)CCC1=NN(C(=O)CSCc2ccccc2)[C@@](O)(C(F)(F)F)C1. The number of aliphatic hydroxyl groups is 1. The maximum Gasteiger partial charge on any atom is 0.438 e. The molecule has 1 atom stereocenters. The van der Waals surface area contributed by atoms with Crippen LogP contribution in [0.15, 0.2) is 35.4 Å². The van der Waals surface area contributed by atoms with E-state index < -0.39 is 24.2 Å². The van der Waals surface area contributed by atoms with Gasteiger partial charge in [-0.3, -0.25) is 4.79 Å². The van der Waals surface area contributed by atoms with Crippen molar-refractivity contribution in [1.29, 1.82) is 0 Å². The van der Waals surface area contributed by atoms with Gasteiger partial charge >= 0.3 is 6.18 Å². The summed E-state index contributed by atoms with van der Waals surface area (Å²) in [6.45, 7) is 3.91. The summed E-state index contributed by atoms with van der Waals surface area (Å²) in [6, 6.07) is 9.32. The molecular formula is C18H23F3N2O2S. The van der Waals surface area contributed by atoms with Gasteiger partial charge in [0, 0.05) is 17.9 Å². The predicted octanol–water partition coefficient (Wildman–Crippen LogP) is 4.20. The summed E-state index contributed by atoms with van der Waals surface area (Å²) in [5, 5.41) is 14.2. The standard InChI is InChI=1S/C18H23F3N2O2S/c1-13(2)8-9-15-10-17(25,18(19,20)21)23(22-15)16(24)12-26-11-14-6-4-3-5-7-14/h3-7,13,25H,8-12H2,1-2H3/t17-/m0/s1. The number of amides is 1. The Morgan fingerprint density at radius 2 is 2.00 bits per heavy atom. The van der Waals surface area contributed by atoms with E-state index in [1.807, 2.05) is 44.2 Å². The molecule has 0 saturated carbocycles. The van der Waals surface area contributed by atoms with Gasteiger partial charge in [0.2, 0.25) is 0 Å². The summed E-state index contributed by atoms with van der Waals surface area (Å²) in [7, 11) is 0. The first-order valence-electron chi connectivity index (χ1n) is 8.43. The lowest BCUT2D eigenvalue weighted by atomic mass is 9.99. The van der Waals surface area contributed by atoms with Crippen LogP contribution in [0.1, 0.15) is 38.7 Å². The number of hydrogen-bond donors (Lipinski definition) is 1. The molecule has 1 aliphatic heterocycles. The number of carbonyl (C=O) groups excluding carboxylic acids is 1. The molecular weight excluding hydrogens is 365 g/mol. The van der Waals surface area contributed by atoms with Gasteiger partial charge < -0.3 is 5.11 Å². The fourth-order valence-corrected chi connectivity index (χ4v) is 3.41. The molecule has 1 heterocycles. The van der Waals surface area contributed by atoms with Gasteiger partial charge in [-0.15, -0.1) is 11.8 Å². The molecule has 0 saturated heterocycles. The zero-order chi connectivity index (χ0) is 19.4. The summed E-state index contributed by atoms with van der Waals surface area (Å²) in [6.07, 6.45) is -4.66. The van der Waals surface area contributed by atoms with E-state index in [0.717, 1.165) is 5.56 Å². The number of nitrogens with zero attached hydrogens (tertiary/aromatic N) is 2. The van der Waals surface area contributed by atoms with E-state index in [1.165, 1.54) is 11.8 Å². The Labute approximate surface area is 155 Å². The molecule has 0 bridgehead atoms. The monoisotopic (exact) mass is 388 g/mol. The quantitative estimate of drug-likeness (QED) is 0.762. The van der Waals surface area contributed by atoms with Crippen LogP contribution in [0.25, 0.3) is 0 Å². The highest BCUT2D eigenvalue weighted by Crippen LogP contribution is 2.41. The van der Waals surface area contributed by atoms with Gasteiger partial charge in [-0.1, -0.05) is 44.2 Å². The minimum atomic E-state index is -4.96. The third-order valence-corrected chi connectivity index (χ3v) is 5.07. The first-order valence-corrected chi connectivity index (χ1v) is 9.59. The van der Waals surface area contributed by atoms with E-state index in [0.29, 0.717) is 24.5 Å². The lowest BCUT2D eigenvalue weighted by Crippen LogP contribution is -2.57. The number of benzene rings is 1. The summed E-state index contributed by atoms with van der Waals surface area (Å²) in [5.41, 5.74) is -2.07. The van der Waals surface area contributed by atoms with Crippen molar-refractivity contribution in [2.24, 2.45) is 11.0 Å². The van der Waals surface area contributed by atoms with Crippen molar-refractivity contribution in [3.05, 3.63) is 35.9 Å². The topological polar surface area (TPSA) is 52.9 Å². The van der Waals surface area contributed by atoms with Gasteiger partial charge in [-0.05, 0) is 24.3 Å². The summed E-state index contributed by atoms with van der Waals surface area (Å²) < 4.78 is 40.2. The Hall–Kier alpha value is -1.54. The second kappa shape index (κ2) is 8.43. The molecule has 1 aliphatic rings. The highest BCUT2D eigenvalue weighted by atomic mass is 32.2. The third kappa shape index (κ3) is 5.01. The van der Waals surface area contributed by atoms with Gasteiger partial charge in [0.1, 0.15) is 0 Å². The second-order valence-electron chi connectivity index (χ2n) is 6.77. The first-order chi connectivity index (χ1) is 12.1. The van der Waals surface area contributed by atoms with Crippen LogP contribution >= 0.6 is 11.8 Å². The Kier molecular flexibility index (Phi) is 6.74. The number of hydrogen-bond acceptors (Lipinski definition) is 4. The maximum absolute atomic E-state index is 13.4. The Morgan fingerprint density at radius 3 is 2.58 bits per heavy atom. The van der Waals surface area contributed by atoms with E-state index in [4.69, 9.17) is 0 Å². The average Bonchev–Trinajstić information content (AvgIpc) is 2.92. The van der Waals surface area contributed by atoms with Gasteiger partial charge in [-0.25, -0.2) is 0 Å². The second-order valence-corrected chi connectivity index (χ2v) is 7.76. The van der Waals surface area contributed by atoms with Crippen molar-refractivity contribution in [2.45, 2.75) is 50.8 Å². The molecule has 1 N–H and O–H groups in total. The summed E-state index contributed by atoms with van der Waals surface area (Å²) >= 11 is 1.19. The molecule has 0 radical (unpaired) electrons. The zero-order valence-electron chi connectivity index (χ0n) is 14.8. The number of halogens is 3. The van der Waals surface area contributed by atoms with Crippen LogP contribution in [-0.2, 0) is 10.5 Å². The molecule has 4 nitrogen and oxygen atoms in total. The average molecular weight is 388 g/mol. The molecule has 144 valence electrons. The van der Waals surface area contributed by atoms with Crippen molar-refractivity contribution in [3.63, 3.8) is 0 Å². The van der Waals surface area contributed by atoms with Crippen molar-refractivity contribution in [1.82, 2.24) is 5.01 Å². The first kappa shape index (κ1) is 20.8. The number of hydrazone groups is 1. The van der Waals surface area contributed by atoms with Gasteiger partial charge in [0.25, 0.3) is 11.6 Å². The van der Waals surface area contributed by atoms with E-state index >= 15 is 0 Å². The molecule has 0 spiro atoms. The van der Waals surface area contributed by atoms with E-state index in [2.05, 4.69) is 5.10 Å². The van der Waals surface area contributed by atoms with Crippen molar-refractivity contribution >= 4 is 23.4 Å². The van der Waals surface area contributed by atoms with Crippen LogP contribution in [0.4, 0.5) is 13.2 Å². The van der Waals surface area contributed by atoms with Gasteiger partial charge in [0.15, 0.2) is 0 Å². The highest BCUT2D eigenvalue weighted by Gasteiger charge is 2.62. The van der Waals surface area contributed by atoms with Crippen LogP contribution in [0.2, 0.25) is 0 Å². The lowest BCUT2D eigenvalue weighted by Gasteiger charge is -2.32. The van der Waals surface area contributed by atoms with Crippen LogP contribution in [0.3, 0.4) is 0 Å². The van der Waals surface area contributed by atoms with Gasteiger partial charge in [-0.2, -0.15) is 23.3 Å². The molecule has 0 aliphatic carbocycles. The minimum absolute atomic E-state index is 0.186. The summed E-state index contributed by atoms with van der Waals surface area (Å²) in [4.78, 5) is 12.3. The van der Waals surface area contributed by atoms with Crippen molar-refractivity contribution in [2.75, 3.05) is 5.75 Å². The maximum atomic E-state index is 13.4. The number of alkyl halides is 3. The van der Waals surface area contributed by atoms with Crippen molar-refractivity contribution in [3.8, 4) is 0 Å². The molecule has 0 unspecified atom stereocenters. The molecule has 26 heavy (non-hydrogen) atoms. The molecule has 2 rings (SSSR count). The fourth-order valence-electron chi connectivity index (χ4n) is 2.59. The molecule has 1 aromatic rings. The Balaban J connectivity index is 2.04. The third-order valence-electron chi connectivity index (χ3n) is 4.08. The Bertz CT molecular complexity index is 650. The molecule has 8 heteroatoms. The normalized spacial score (nSPS) is 20.6. The number of thioether (sulfide) groups is 1. The van der Waals surface area contributed by atoms with E-state index in [9.17, 15) is 23.1 Å². The van der Waals surface area contributed by atoms with E-state index in [1.54, 1.807) is 0 Å². The smallest absolute Gasteiger partial charge is 0.362 e. The molecule has 0 fully saturated rings. The van der Waals surface area contributed by atoms with Crippen molar-refractivity contribution < 1.29 is 23.1 Å². The predicted molar refractivity (Wildman–Crippen MR) is 96.6 cm³/mol.